The summed E-state index contributed by atoms with van der Waals surface area (Å²) < 4.78 is 23.4. The van der Waals surface area contributed by atoms with Gasteiger partial charge >= 0.3 is 5.63 Å². The number of rotatable bonds is 6. The average Bonchev–Trinajstić information content (AvgIpc) is 2.67. The minimum atomic E-state index is -0.439. The predicted octanol–water partition coefficient (Wildman–Crippen LogP) is 3.64. The third-order valence-corrected chi connectivity index (χ3v) is 5.37. The molecule has 6 heteroatoms. The fraction of sp³-hybridized carbons (Fsp3) is 0.522. The van der Waals surface area contributed by atoms with Gasteiger partial charge in [0.05, 0.1) is 24.2 Å². The number of benzene rings is 1. The second-order valence-electron chi connectivity index (χ2n) is 8.17. The van der Waals surface area contributed by atoms with Gasteiger partial charge < -0.3 is 18.6 Å². The smallest absolute Gasteiger partial charge is 0.336 e. The van der Waals surface area contributed by atoms with Gasteiger partial charge in [-0.15, -0.1) is 0 Å². The predicted molar refractivity (Wildman–Crippen MR) is 113 cm³/mol. The van der Waals surface area contributed by atoms with E-state index in [0.717, 1.165) is 68.0 Å². The van der Waals surface area contributed by atoms with E-state index in [1.165, 1.54) is 0 Å². The number of hydrogen-bond acceptors (Lipinski definition) is 6. The standard InChI is InChI=1S/C23H29NO5/c1-4-5-16-14-20(25)28-19-15-18(27-13-10-24-8-11-26-12-9-24)17-6-7-23(2,3)29-22(17)21(16)19/h6-7,14-15H,4-5,8-13H2,1-3H3. The SMILES string of the molecule is CCCc1cc(=O)oc2cc(OCCN3CCOCC3)c3c(c12)OC(C)(C)C=C3. The highest BCUT2D eigenvalue weighted by Gasteiger charge is 2.28. The lowest BCUT2D eigenvalue weighted by Gasteiger charge is -2.30. The highest BCUT2D eigenvalue weighted by Crippen LogP contribution is 2.44. The van der Waals surface area contributed by atoms with Crippen molar-refractivity contribution in [1.82, 2.24) is 4.90 Å². The van der Waals surface area contributed by atoms with Crippen molar-refractivity contribution < 1.29 is 18.6 Å². The van der Waals surface area contributed by atoms with Gasteiger partial charge in [-0.3, -0.25) is 4.90 Å². The molecule has 2 aromatic rings. The number of ether oxygens (including phenoxy) is 3. The quantitative estimate of drug-likeness (QED) is 0.691. The first-order chi connectivity index (χ1) is 14.0. The molecule has 0 bridgehead atoms. The van der Waals surface area contributed by atoms with Gasteiger partial charge in [0.1, 0.15) is 29.3 Å². The van der Waals surface area contributed by atoms with Crippen molar-refractivity contribution in [3.63, 3.8) is 0 Å². The van der Waals surface area contributed by atoms with Gasteiger partial charge in [-0.1, -0.05) is 13.3 Å². The topological polar surface area (TPSA) is 61.1 Å². The molecule has 2 aliphatic heterocycles. The van der Waals surface area contributed by atoms with Crippen LogP contribution in [-0.2, 0) is 11.2 Å². The van der Waals surface area contributed by atoms with Crippen LogP contribution in [-0.4, -0.2) is 50.0 Å². The fourth-order valence-corrected chi connectivity index (χ4v) is 3.90. The Morgan fingerprint density at radius 3 is 2.76 bits per heavy atom. The van der Waals surface area contributed by atoms with Crippen molar-refractivity contribution in [2.24, 2.45) is 0 Å². The highest BCUT2D eigenvalue weighted by atomic mass is 16.5. The van der Waals surface area contributed by atoms with Crippen LogP contribution in [0.2, 0.25) is 0 Å². The Hall–Kier alpha value is -2.31. The van der Waals surface area contributed by atoms with E-state index in [4.69, 9.17) is 18.6 Å². The van der Waals surface area contributed by atoms with Gasteiger partial charge in [0, 0.05) is 31.8 Å². The van der Waals surface area contributed by atoms with E-state index in [-0.39, 0.29) is 5.63 Å². The lowest BCUT2D eigenvalue weighted by molar-refractivity contribution is 0.0322. The molecule has 0 N–H and O–H groups in total. The molecule has 0 amide bonds. The summed E-state index contributed by atoms with van der Waals surface area (Å²) in [7, 11) is 0. The number of hydrogen-bond donors (Lipinski definition) is 0. The van der Waals surface area contributed by atoms with E-state index in [2.05, 4.69) is 17.9 Å². The summed E-state index contributed by atoms with van der Waals surface area (Å²) in [5.41, 5.74) is 1.61. The molecule has 0 aliphatic carbocycles. The minimum Gasteiger partial charge on any atom is -0.491 e. The zero-order chi connectivity index (χ0) is 20.4. The molecule has 0 saturated carbocycles. The molecule has 156 valence electrons. The summed E-state index contributed by atoms with van der Waals surface area (Å²) in [6.45, 7) is 10.9. The largest absolute Gasteiger partial charge is 0.491 e. The lowest BCUT2D eigenvalue weighted by atomic mass is 9.96. The molecule has 2 aliphatic rings. The summed E-state index contributed by atoms with van der Waals surface area (Å²) in [4.78, 5) is 14.5. The van der Waals surface area contributed by atoms with Crippen LogP contribution in [0.25, 0.3) is 17.0 Å². The number of morpholine rings is 1. The maximum atomic E-state index is 12.1. The van der Waals surface area contributed by atoms with Crippen molar-refractivity contribution in [2.45, 2.75) is 39.2 Å². The van der Waals surface area contributed by atoms with Crippen LogP contribution in [0.1, 0.15) is 38.3 Å². The van der Waals surface area contributed by atoms with Crippen molar-refractivity contribution in [3.05, 3.63) is 39.8 Å². The van der Waals surface area contributed by atoms with Gasteiger partial charge in [-0.25, -0.2) is 4.79 Å². The van der Waals surface area contributed by atoms with E-state index in [1.807, 2.05) is 26.0 Å². The molecule has 1 aromatic carbocycles. The third kappa shape index (κ3) is 4.33. The summed E-state index contributed by atoms with van der Waals surface area (Å²) in [6.07, 6.45) is 5.82. The normalized spacial score (nSPS) is 18.4. The van der Waals surface area contributed by atoms with Crippen molar-refractivity contribution in [3.8, 4) is 11.5 Å². The second kappa shape index (κ2) is 8.20. The first-order valence-electron chi connectivity index (χ1n) is 10.4. The maximum Gasteiger partial charge on any atom is 0.336 e. The fourth-order valence-electron chi connectivity index (χ4n) is 3.90. The van der Waals surface area contributed by atoms with E-state index in [9.17, 15) is 4.79 Å². The van der Waals surface area contributed by atoms with Crippen LogP contribution in [0.15, 0.2) is 27.4 Å². The Labute approximate surface area is 171 Å². The molecule has 1 aromatic heterocycles. The Bertz CT molecular complexity index is 969. The van der Waals surface area contributed by atoms with Crippen LogP contribution < -0.4 is 15.1 Å². The van der Waals surface area contributed by atoms with E-state index in [0.29, 0.717) is 17.9 Å². The zero-order valence-electron chi connectivity index (χ0n) is 17.5. The first-order valence-corrected chi connectivity index (χ1v) is 10.4. The number of aryl methyl sites for hydroxylation is 1. The molecule has 6 nitrogen and oxygen atoms in total. The zero-order valence-corrected chi connectivity index (χ0v) is 17.5. The van der Waals surface area contributed by atoms with Crippen LogP contribution in [0.3, 0.4) is 0 Å². The molecule has 3 heterocycles. The van der Waals surface area contributed by atoms with E-state index < -0.39 is 5.60 Å². The molecule has 0 radical (unpaired) electrons. The first kappa shape index (κ1) is 20.0. The summed E-state index contributed by atoms with van der Waals surface area (Å²) in [5.74, 6) is 1.42. The Morgan fingerprint density at radius 2 is 2.00 bits per heavy atom. The summed E-state index contributed by atoms with van der Waals surface area (Å²) in [6, 6.07) is 3.42. The number of nitrogens with zero attached hydrogens (tertiary/aromatic N) is 1. The molecule has 0 spiro atoms. The van der Waals surface area contributed by atoms with Gasteiger partial charge in [0.25, 0.3) is 0 Å². The van der Waals surface area contributed by atoms with Crippen LogP contribution in [0.5, 0.6) is 11.5 Å². The second-order valence-corrected chi connectivity index (χ2v) is 8.17. The molecule has 1 fully saturated rings. The molecule has 0 atom stereocenters. The third-order valence-electron chi connectivity index (χ3n) is 5.37. The Morgan fingerprint density at radius 1 is 1.21 bits per heavy atom. The molecule has 1 saturated heterocycles. The molecular weight excluding hydrogens is 370 g/mol. The van der Waals surface area contributed by atoms with Gasteiger partial charge in [-0.05, 0) is 38.0 Å². The van der Waals surface area contributed by atoms with Crippen LogP contribution in [0.4, 0.5) is 0 Å². The highest BCUT2D eigenvalue weighted by molar-refractivity contribution is 5.94. The monoisotopic (exact) mass is 399 g/mol. The van der Waals surface area contributed by atoms with Crippen molar-refractivity contribution in [1.29, 1.82) is 0 Å². The van der Waals surface area contributed by atoms with Gasteiger partial charge in [0.15, 0.2) is 0 Å². The summed E-state index contributed by atoms with van der Waals surface area (Å²) in [5, 5.41) is 0.874. The maximum absolute atomic E-state index is 12.1. The molecule has 29 heavy (non-hydrogen) atoms. The van der Waals surface area contributed by atoms with Crippen molar-refractivity contribution >= 4 is 17.0 Å². The van der Waals surface area contributed by atoms with Gasteiger partial charge in [0.2, 0.25) is 0 Å². The van der Waals surface area contributed by atoms with Crippen LogP contribution in [0, 0.1) is 0 Å². The molecular formula is C23H29NO5. The Balaban J connectivity index is 1.72. The lowest BCUT2D eigenvalue weighted by Crippen LogP contribution is -2.38. The van der Waals surface area contributed by atoms with Crippen molar-refractivity contribution in [2.75, 3.05) is 39.5 Å². The average molecular weight is 399 g/mol. The van der Waals surface area contributed by atoms with Crippen LogP contribution >= 0.6 is 0 Å². The molecule has 4 rings (SSSR count). The van der Waals surface area contributed by atoms with Gasteiger partial charge in [-0.2, -0.15) is 0 Å². The van der Waals surface area contributed by atoms with E-state index in [1.54, 1.807) is 6.07 Å². The van der Waals surface area contributed by atoms with E-state index >= 15 is 0 Å². The summed E-state index contributed by atoms with van der Waals surface area (Å²) >= 11 is 0. The molecule has 0 unspecified atom stereocenters. The Kier molecular flexibility index (Phi) is 5.65. The minimum absolute atomic E-state index is 0.342. The number of fused-ring (bicyclic) bond motifs is 3.